The number of hydrogen-bond acceptors (Lipinski definition) is 9. The summed E-state index contributed by atoms with van der Waals surface area (Å²) in [5, 5.41) is 18.2. The van der Waals surface area contributed by atoms with Gasteiger partial charge in [-0.15, -0.1) is 0 Å². The molecule has 0 spiro atoms. The van der Waals surface area contributed by atoms with Crippen LogP contribution in [0, 0.1) is 11.3 Å². The lowest BCUT2D eigenvalue weighted by molar-refractivity contribution is 0.598. The maximum Gasteiger partial charge on any atom is 0.266 e. The third-order valence-electron chi connectivity index (χ3n) is 6.10. The largest absolute Gasteiger partial charge is 0.368 e. The molecule has 0 fully saturated rings. The van der Waals surface area contributed by atoms with Crippen molar-refractivity contribution in [2.24, 2.45) is 5.14 Å². The van der Waals surface area contributed by atoms with Gasteiger partial charge in [0.05, 0.1) is 33.7 Å². The zero-order chi connectivity index (χ0) is 27.7. The van der Waals surface area contributed by atoms with Crippen LogP contribution in [0.2, 0.25) is 0 Å². The molecule has 0 radical (unpaired) electrons. The van der Waals surface area contributed by atoms with E-state index in [1.54, 1.807) is 49.4 Å². The quantitative estimate of drug-likeness (QED) is 0.292. The van der Waals surface area contributed by atoms with Crippen molar-refractivity contribution in [2.75, 3.05) is 11.1 Å². The molecule has 194 valence electrons. The van der Waals surface area contributed by atoms with E-state index >= 15 is 0 Å². The summed E-state index contributed by atoms with van der Waals surface area (Å²) in [7, 11) is -3.87. The van der Waals surface area contributed by atoms with Crippen molar-refractivity contribution in [3.05, 3.63) is 101 Å². The second-order valence-corrected chi connectivity index (χ2v) is 10.2. The number of sulfonamides is 1. The summed E-state index contributed by atoms with van der Waals surface area (Å²) in [6, 6.07) is 21.7. The average molecular weight is 539 g/mol. The Hall–Kier alpha value is -5.12. The highest BCUT2D eigenvalue weighted by molar-refractivity contribution is 7.89. The fraction of sp³-hybridized carbons (Fsp3) is 0.0741. The van der Waals surface area contributed by atoms with Crippen molar-refractivity contribution >= 4 is 32.7 Å². The van der Waals surface area contributed by atoms with Crippen LogP contribution >= 0.6 is 0 Å². The Bertz CT molecular complexity index is 1920. The SMILES string of the molecule is C[C@H](Nc1nc(N)ncc1C#N)c1nc2cccc(-c3ccc(S(N)(=O)=O)cc3)c2c(=O)n1-c1ccccc1. The van der Waals surface area contributed by atoms with Crippen LogP contribution in [-0.4, -0.2) is 27.9 Å². The van der Waals surface area contributed by atoms with Gasteiger partial charge in [-0.25, -0.2) is 23.5 Å². The molecule has 0 aliphatic carbocycles. The van der Waals surface area contributed by atoms with Gasteiger partial charge in [0, 0.05) is 0 Å². The predicted octanol–water partition coefficient (Wildman–Crippen LogP) is 3.12. The van der Waals surface area contributed by atoms with Crippen LogP contribution < -0.4 is 21.7 Å². The number of hydrogen-bond donors (Lipinski definition) is 3. The van der Waals surface area contributed by atoms with E-state index in [0.717, 1.165) is 0 Å². The van der Waals surface area contributed by atoms with Gasteiger partial charge in [0.15, 0.2) is 0 Å². The molecule has 2 aromatic heterocycles. The van der Waals surface area contributed by atoms with Crippen molar-refractivity contribution in [1.29, 1.82) is 5.26 Å². The van der Waals surface area contributed by atoms with Crippen molar-refractivity contribution < 1.29 is 8.42 Å². The van der Waals surface area contributed by atoms with Crippen molar-refractivity contribution in [2.45, 2.75) is 17.9 Å². The number of benzene rings is 3. The molecule has 5 N–H and O–H groups in total. The van der Waals surface area contributed by atoms with Crippen molar-refractivity contribution in [3.63, 3.8) is 0 Å². The minimum atomic E-state index is -3.87. The first-order chi connectivity index (χ1) is 18.7. The van der Waals surface area contributed by atoms with E-state index < -0.39 is 16.1 Å². The van der Waals surface area contributed by atoms with Crippen LogP contribution in [0.3, 0.4) is 0 Å². The number of para-hydroxylation sites is 1. The van der Waals surface area contributed by atoms with Gasteiger partial charge in [-0.1, -0.05) is 42.5 Å². The summed E-state index contributed by atoms with van der Waals surface area (Å²) < 4.78 is 24.9. The van der Waals surface area contributed by atoms with Crippen LogP contribution in [0.4, 0.5) is 11.8 Å². The molecule has 2 heterocycles. The third-order valence-corrected chi connectivity index (χ3v) is 7.03. The van der Waals surface area contributed by atoms with E-state index in [-0.39, 0.29) is 27.8 Å². The second-order valence-electron chi connectivity index (χ2n) is 8.68. The van der Waals surface area contributed by atoms with Gasteiger partial charge in [-0.2, -0.15) is 10.2 Å². The molecule has 0 saturated heterocycles. The molecule has 5 rings (SSSR count). The Morgan fingerprint density at radius 1 is 1.00 bits per heavy atom. The summed E-state index contributed by atoms with van der Waals surface area (Å²) in [4.78, 5) is 27.0. The Labute approximate surface area is 223 Å². The summed E-state index contributed by atoms with van der Waals surface area (Å²) in [6.45, 7) is 1.79. The number of nitrogens with one attached hydrogen (secondary N) is 1. The zero-order valence-electron chi connectivity index (χ0n) is 20.6. The lowest BCUT2D eigenvalue weighted by Gasteiger charge is -2.21. The lowest BCUT2D eigenvalue weighted by atomic mass is 10.0. The predicted molar refractivity (Wildman–Crippen MR) is 147 cm³/mol. The Morgan fingerprint density at radius 3 is 2.38 bits per heavy atom. The van der Waals surface area contributed by atoms with E-state index in [4.69, 9.17) is 15.9 Å². The fourth-order valence-electron chi connectivity index (χ4n) is 4.29. The first-order valence-electron chi connectivity index (χ1n) is 11.7. The molecule has 1 atom stereocenters. The molecule has 12 heteroatoms. The number of nitrogen functional groups attached to an aromatic ring is 1. The Morgan fingerprint density at radius 2 is 1.72 bits per heavy atom. The van der Waals surface area contributed by atoms with Gasteiger partial charge in [-0.3, -0.25) is 9.36 Å². The van der Waals surface area contributed by atoms with Gasteiger partial charge in [0.1, 0.15) is 23.3 Å². The topological polar surface area (TPSA) is 183 Å². The highest BCUT2D eigenvalue weighted by Gasteiger charge is 2.21. The maximum absolute atomic E-state index is 14.2. The van der Waals surface area contributed by atoms with E-state index in [0.29, 0.717) is 33.5 Å². The number of nitrogens with zero attached hydrogens (tertiary/aromatic N) is 5. The zero-order valence-corrected chi connectivity index (χ0v) is 21.4. The number of nitriles is 1. The van der Waals surface area contributed by atoms with Crippen molar-refractivity contribution in [3.8, 4) is 22.9 Å². The number of primary sulfonamides is 1. The van der Waals surface area contributed by atoms with Gasteiger partial charge in [0.2, 0.25) is 16.0 Å². The first kappa shape index (κ1) is 25.5. The molecule has 0 aliphatic rings. The minimum absolute atomic E-state index is 0.00582. The number of nitrogens with two attached hydrogens (primary N) is 2. The van der Waals surface area contributed by atoms with E-state index in [9.17, 15) is 18.5 Å². The molecule has 0 unspecified atom stereocenters. The van der Waals surface area contributed by atoms with Gasteiger partial charge >= 0.3 is 0 Å². The van der Waals surface area contributed by atoms with Crippen LogP contribution in [-0.2, 0) is 10.0 Å². The molecular weight excluding hydrogens is 516 g/mol. The molecule has 11 nitrogen and oxygen atoms in total. The highest BCUT2D eigenvalue weighted by Crippen LogP contribution is 2.29. The van der Waals surface area contributed by atoms with Crippen LogP contribution in [0.15, 0.2) is 88.7 Å². The molecule has 0 amide bonds. The molecule has 39 heavy (non-hydrogen) atoms. The molecule has 3 aromatic carbocycles. The average Bonchev–Trinajstić information content (AvgIpc) is 2.93. The summed E-state index contributed by atoms with van der Waals surface area (Å²) in [6.07, 6.45) is 1.32. The van der Waals surface area contributed by atoms with Gasteiger partial charge in [-0.05, 0) is 48.4 Å². The standard InChI is InChI=1S/C27H22N8O3S/c1-16(32-24-18(14-28)15-31-27(29)34-24)25-33-22-9-5-8-21(17-10-12-20(13-11-17)39(30,37)38)23(22)26(36)35(25)19-6-3-2-4-7-19/h2-13,15-16H,1H3,(H2,30,37,38)(H3,29,31,32,34)/t16-/m0/s1. The molecule has 0 bridgehead atoms. The molecule has 0 saturated carbocycles. The maximum atomic E-state index is 14.2. The summed E-state index contributed by atoms with van der Waals surface area (Å²) in [5.74, 6) is 0.588. The summed E-state index contributed by atoms with van der Waals surface area (Å²) in [5.41, 5.74) is 7.83. The van der Waals surface area contributed by atoms with E-state index in [2.05, 4.69) is 15.3 Å². The highest BCUT2D eigenvalue weighted by atomic mass is 32.2. The van der Waals surface area contributed by atoms with Crippen molar-refractivity contribution in [1.82, 2.24) is 19.5 Å². The smallest absolute Gasteiger partial charge is 0.266 e. The third kappa shape index (κ3) is 4.91. The Kier molecular flexibility index (Phi) is 6.53. The van der Waals surface area contributed by atoms with Gasteiger partial charge < -0.3 is 11.1 Å². The van der Waals surface area contributed by atoms with Crippen LogP contribution in [0.1, 0.15) is 24.4 Å². The van der Waals surface area contributed by atoms with Crippen LogP contribution in [0.25, 0.3) is 27.7 Å². The Balaban J connectivity index is 1.72. The minimum Gasteiger partial charge on any atom is -0.368 e. The molecule has 0 aliphatic heterocycles. The number of rotatable bonds is 6. The second kappa shape index (κ2) is 9.97. The van der Waals surface area contributed by atoms with Gasteiger partial charge in [0.25, 0.3) is 5.56 Å². The summed E-state index contributed by atoms with van der Waals surface area (Å²) >= 11 is 0. The monoisotopic (exact) mass is 538 g/mol. The number of anilines is 2. The molecule has 5 aromatic rings. The lowest BCUT2D eigenvalue weighted by Crippen LogP contribution is -2.28. The first-order valence-corrected chi connectivity index (χ1v) is 13.3. The van der Waals surface area contributed by atoms with E-state index in [1.165, 1.54) is 22.9 Å². The number of fused-ring (bicyclic) bond motifs is 1. The fourth-order valence-corrected chi connectivity index (χ4v) is 4.80. The van der Waals surface area contributed by atoms with E-state index in [1.807, 2.05) is 24.3 Å². The normalized spacial score (nSPS) is 12.1. The molecular formula is C27H22N8O3S. The number of aromatic nitrogens is 4. The van der Waals surface area contributed by atoms with Crippen LogP contribution in [0.5, 0.6) is 0 Å².